The first-order valence-corrected chi connectivity index (χ1v) is 6.17. The number of ether oxygens (including phenoxy) is 1. The van der Waals surface area contributed by atoms with Crippen molar-refractivity contribution in [2.75, 3.05) is 23.9 Å². The van der Waals surface area contributed by atoms with Crippen LogP contribution in [0.25, 0.3) is 0 Å². The van der Waals surface area contributed by atoms with Gasteiger partial charge in [0.25, 0.3) is 0 Å². The highest BCUT2D eigenvalue weighted by atomic mass is 16.5. The lowest BCUT2D eigenvalue weighted by atomic mass is 9.95. The van der Waals surface area contributed by atoms with E-state index < -0.39 is 0 Å². The minimum absolute atomic E-state index is 0.119. The van der Waals surface area contributed by atoms with Crippen LogP contribution < -0.4 is 15.0 Å². The van der Waals surface area contributed by atoms with Gasteiger partial charge >= 0.3 is 0 Å². The Kier molecular flexibility index (Phi) is 2.94. The van der Waals surface area contributed by atoms with Gasteiger partial charge in [0.2, 0.25) is 0 Å². The van der Waals surface area contributed by atoms with E-state index in [-0.39, 0.29) is 5.54 Å². The van der Waals surface area contributed by atoms with Gasteiger partial charge in [0, 0.05) is 18.7 Å². The first-order chi connectivity index (χ1) is 7.95. The Morgan fingerprint density at radius 2 is 2.06 bits per heavy atom. The van der Waals surface area contributed by atoms with Gasteiger partial charge in [-0.25, -0.2) is 0 Å². The highest BCUT2D eigenvalue weighted by molar-refractivity contribution is 5.75. The molecule has 0 spiro atoms. The molecule has 3 nitrogen and oxygen atoms in total. The monoisotopic (exact) mass is 234 g/mol. The number of methoxy groups -OCH3 is 1. The molecule has 2 rings (SSSR count). The predicted molar refractivity (Wildman–Crippen MR) is 73.2 cm³/mol. The van der Waals surface area contributed by atoms with Crippen molar-refractivity contribution in [3.05, 3.63) is 18.2 Å². The first-order valence-electron chi connectivity index (χ1n) is 6.17. The van der Waals surface area contributed by atoms with E-state index in [1.54, 1.807) is 7.11 Å². The average molecular weight is 234 g/mol. The van der Waals surface area contributed by atoms with Crippen molar-refractivity contribution in [3.8, 4) is 5.75 Å². The van der Waals surface area contributed by atoms with E-state index in [2.05, 4.69) is 50.0 Å². The number of hydrogen-bond acceptors (Lipinski definition) is 3. The Morgan fingerprint density at radius 3 is 2.65 bits per heavy atom. The predicted octanol–water partition coefficient (Wildman–Crippen LogP) is 3.11. The van der Waals surface area contributed by atoms with Crippen LogP contribution in [0.15, 0.2) is 18.2 Å². The van der Waals surface area contributed by atoms with E-state index in [0.29, 0.717) is 6.04 Å². The fourth-order valence-corrected chi connectivity index (χ4v) is 2.69. The third-order valence-corrected chi connectivity index (χ3v) is 3.34. The molecule has 17 heavy (non-hydrogen) atoms. The van der Waals surface area contributed by atoms with Gasteiger partial charge in [-0.05, 0) is 39.8 Å². The number of nitrogens with zero attached hydrogens (tertiary/aromatic N) is 1. The molecule has 0 aliphatic carbocycles. The lowest BCUT2D eigenvalue weighted by Gasteiger charge is -2.48. The second-order valence-corrected chi connectivity index (χ2v) is 5.51. The van der Waals surface area contributed by atoms with Crippen molar-refractivity contribution in [2.45, 2.75) is 39.3 Å². The SMILES string of the molecule is COc1ccc2c(c1)N(C(C)C)C(C)(C)CN2. The molecular weight excluding hydrogens is 212 g/mol. The van der Waals surface area contributed by atoms with Gasteiger partial charge in [-0.2, -0.15) is 0 Å². The van der Waals surface area contributed by atoms with Gasteiger partial charge < -0.3 is 15.0 Å². The molecule has 0 saturated heterocycles. The lowest BCUT2D eigenvalue weighted by Crippen LogP contribution is -2.55. The largest absolute Gasteiger partial charge is 0.497 e. The fraction of sp³-hybridized carbons (Fsp3) is 0.571. The van der Waals surface area contributed by atoms with Crippen LogP contribution in [0.2, 0.25) is 0 Å². The van der Waals surface area contributed by atoms with Crippen molar-refractivity contribution in [3.63, 3.8) is 0 Å². The summed E-state index contributed by atoms with van der Waals surface area (Å²) in [6, 6.07) is 6.68. The zero-order valence-electron chi connectivity index (χ0n) is 11.4. The molecule has 1 N–H and O–H groups in total. The second-order valence-electron chi connectivity index (χ2n) is 5.51. The summed E-state index contributed by atoms with van der Waals surface area (Å²) < 4.78 is 5.32. The van der Waals surface area contributed by atoms with Crippen molar-refractivity contribution in [2.24, 2.45) is 0 Å². The first kappa shape index (κ1) is 12.1. The smallest absolute Gasteiger partial charge is 0.121 e. The van der Waals surface area contributed by atoms with Gasteiger partial charge in [-0.1, -0.05) is 0 Å². The molecule has 0 atom stereocenters. The standard InChI is InChI=1S/C14H22N2O/c1-10(2)16-13-8-11(17-5)6-7-12(13)15-9-14(16,3)4/h6-8,10,15H,9H2,1-5H3. The summed E-state index contributed by atoms with van der Waals surface area (Å²) in [7, 11) is 1.71. The van der Waals surface area contributed by atoms with Crippen LogP contribution in [0.3, 0.4) is 0 Å². The van der Waals surface area contributed by atoms with Crippen LogP contribution in [0.5, 0.6) is 5.75 Å². The molecule has 0 saturated carbocycles. The minimum Gasteiger partial charge on any atom is -0.497 e. The van der Waals surface area contributed by atoms with Gasteiger partial charge in [-0.3, -0.25) is 0 Å². The minimum atomic E-state index is 0.119. The molecule has 0 aromatic heterocycles. The molecule has 0 unspecified atom stereocenters. The van der Waals surface area contributed by atoms with Crippen LogP contribution in [0, 0.1) is 0 Å². The number of benzene rings is 1. The summed E-state index contributed by atoms with van der Waals surface area (Å²) in [5, 5.41) is 3.49. The number of fused-ring (bicyclic) bond motifs is 1. The van der Waals surface area contributed by atoms with Crippen molar-refractivity contribution in [1.29, 1.82) is 0 Å². The zero-order valence-corrected chi connectivity index (χ0v) is 11.4. The third kappa shape index (κ3) is 2.06. The summed E-state index contributed by atoms with van der Waals surface area (Å²) >= 11 is 0. The Morgan fingerprint density at radius 1 is 1.35 bits per heavy atom. The van der Waals surface area contributed by atoms with Crippen LogP contribution in [-0.4, -0.2) is 25.2 Å². The normalized spacial score (nSPS) is 17.6. The highest BCUT2D eigenvalue weighted by Gasteiger charge is 2.34. The van der Waals surface area contributed by atoms with Crippen molar-refractivity contribution >= 4 is 11.4 Å². The molecule has 1 aromatic carbocycles. The van der Waals surface area contributed by atoms with Crippen LogP contribution in [0.4, 0.5) is 11.4 Å². The molecular formula is C14H22N2O. The molecule has 1 heterocycles. The maximum Gasteiger partial charge on any atom is 0.121 e. The number of rotatable bonds is 2. The fourth-order valence-electron chi connectivity index (χ4n) is 2.69. The molecule has 0 fully saturated rings. The van der Waals surface area contributed by atoms with Crippen LogP contribution in [0.1, 0.15) is 27.7 Å². The lowest BCUT2D eigenvalue weighted by molar-refractivity contribution is 0.410. The Balaban J connectivity index is 2.50. The van der Waals surface area contributed by atoms with Crippen LogP contribution in [-0.2, 0) is 0 Å². The Hall–Kier alpha value is -1.38. The topological polar surface area (TPSA) is 24.5 Å². The molecule has 1 aliphatic rings. The Labute approximate surface area is 104 Å². The molecule has 1 aromatic rings. The summed E-state index contributed by atoms with van der Waals surface area (Å²) in [6.45, 7) is 9.96. The van der Waals surface area contributed by atoms with E-state index in [0.717, 1.165) is 12.3 Å². The molecule has 1 aliphatic heterocycles. The number of anilines is 2. The maximum absolute atomic E-state index is 5.32. The Bertz CT molecular complexity index is 413. The van der Waals surface area contributed by atoms with E-state index in [1.165, 1.54) is 11.4 Å². The van der Waals surface area contributed by atoms with Gasteiger partial charge in [-0.15, -0.1) is 0 Å². The molecule has 0 radical (unpaired) electrons. The van der Waals surface area contributed by atoms with Gasteiger partial charge in [0.1, 0.15) is 5.75 Å². The quantitative estimate of drug-likeness (QED) is 0.851. The highest BCUT2D eigenvalue weighted by Crippen LogP contribution is 2.39. The molecule has 0 bridgehead atoms. The van der Waals surface area contributed by atoms with E-state index in [1.807, 2.05) is 6.07 Å². The summed E-state index contributed by atoms with van der Waals surface area (Å²) in [5.41, 5.74) is 2.54. The van der Waals surface area contributed by atoms with E-state index in [9.17, 15) is 0 Å². The molecule has 94 valence electrons. The van der Waals surface area contributed by atoms with Crippen molar-refractivity contribution in [1.82, 2.24) is 0 Å². The summed E-state index contributed by atoms with van der Waals surface area (Å²) in [4.78, 5) is 2.46. The number of hydrogen-bond donors (Lipinski definition) is 1. The van der Waals surface area contributed by atoms with E-state index >= 15 is 0 Å². The van der Waals surface area contributed by atoms with Gasteiger partial charge in [0.05, 0.1) is 24.0 Å². The number of nitrogens with one attached hydrogen (secondary N) is 1. The van der Waals surface area contributed by atoms with Gasteiger partial charge in [0.15, 0.2) is 0 Å². The molecule has 0 amide bonds. The zero-order chi connectivity index (χ0) is 12.6. The van der Waals surface area contributed by atoms with Crippen molar-refractivity contribution < 1.29 is 4.74 Å². The third-order valence-electron chi connectivity index (χ3n) is 3.34. The van der Waals surface area contributed by atoms with E-state index in [4.69, 9.17) is 4.74 Å². The maximum atomic E-state index is 5.32. The molecule has 3 heteroatoms. The van der Waals surface area contributed by atoms with Crippen LogP contribution >= 0.6 is 0 Å². The summed E-state index contributed by atoms with van der Waals surface area (Å²) in [5.74, 6) is 0.911. The average Bonchev–Trinajstić information content (AvgIpc) is 2.26. The second kappa shape index (κ2) is 4.13. The summed E-state index contributed by atoms with van der Waals surface area (Å²) in [6.07, 6.45) is 0.